The molecule has 0 nitrogen and oxygen atoms in total. The molecule has 4 atom stereocenters. The van der Waals surface area contributed by atoms with E-state index in [-0.39, 0.29) is 7.92 Å². The van der Waals surface area contributed by atoms with E-state index in [1.54, 1.807) is 22.3 Å². The molecule has 0 aromatic heterocycles. The third-order valence-electron chi connectivity index (χ3n) is 25.1. The number of aryl methyl sites for hydroxylation is 2. The predicted octanol–water partition coefficient (Wildman–Crippen LogP) is 7.27. The van der Waals surface area contributed by atoms with Gasteiger partial charge < -0.3 is 0 Å². The van der Waals surface area contributed by atoms with E-state index in [4.69, 9.17) is 0 Å². The second kappa shape index (κ2) is 1.87. The minimum atomic E-state index is -3.78. The Kier molecular flexibility index (Phi) is 0.924. The molecule has 0 N–H and O–H groups in total. The van der Waals surface area contributed by atoms with E-state index in [2.05, 4.69) is 65.8 Å². The number of hydrogen-bond donors (Lipinski definition) is 0. The molecule has 10 heterocycles. The summed E-state index contributed by atoms with van der Waals surface area (Å²) in [5, 5.41) is 3.67. The Hall–Kier alpha value is -0.247. The molecule has 0 saturated carbocycles. The molecule has 10 aliphatic heterocycles. The molecular weight excluding hydrogens is 459 g/mol. The van der Waals surface area contributed by atoms with Crippen LogP contribution >= 0.6 is 7.92 Å². The monoisotopic (exact) mass is 488 g/mol. The van der Waals surface area contributed by atoms with Gasteiger partial charge in [0.15, 0.2) is 0 Å². The van der Waals surface area contributed by atoms with Crippen molar-refractivity contribution in [2.45, 2.75) is 77.0 Å². The summed E-state index contributed by atoms with van der Waals surface area (Å²) in [6.45, 7) is 14.4. The van der Waals surface area contributed by atoms with Gasteiger partial charge in [0.05, 0.1) is 0 Å². The van der Waals surface area contributed by atoms with E-state index >= 15 is 0 Å². The third-order valence-corrected chi connectivity index (χ3v) is 131. The number of rotatable bonds is 3. The van der Waals surface area contributed by atoms with Crippen molar-refractivity contribution < 1.29 is 11.4 Å². The first-order valence-corrected chi connectivity index (χ1v) is 28.4. The van der Waals surface area contributed by atoms with Crippen molar-refractivity contribution in [3.8, 4) is 0 Å². The molecule has 0 amide bonds. The van der Waals surface area contributed by atoms with Crippen molar-refractivity contribution in [2.75, 3.05) is 0 Å². The van der Waals surface area contributed by atoms with Crippen LogP contribution in [0.2, 0.25) is 32.6 Å². The fourth-order valence-electron chi connectivity index (χ4n) is 27.2. The van der Waals surface area contributed by atoms with Gasteiger partial charge in [-0.1, -0.05) is 0 Å². The number of benzene rings is 2. The Morgan fingerprint density at radius 2 is 0.967 bits per heavy atom. The molecule has 4 unspecified atom stereocenters. The summed E-state index contributed by atoms with van der Waals surface area (Å²) >= 11 is -3.78. The molecule has 10 saturated heterocycles. The normalized spacial score (nSPS) is 72.8. The summed E-state index contributed by atoms with van der Waals surface area (Å²) in [5.41, 5.74) is 9.49. The van der Waals surface area contributed by atoms with Gasteiger partial charge in [0.1, 0.15) is 0 Å². The molecule has 1 spiro atoms. The van der Waals surface area contributed by atoms with Gasteiger partial charge in [0.2, 0.25) is 0 Å². The van der Waals surface area contributed by atoms with Crippen molar-refractivity contribution in [1.82, 2.24) is 0 Å². The van der Waals surface area contributed by atoms with Gasteiger partial charge in [-0.2, -0.15) is 0 Å². The molecule has 0 bridgehead atoms. The molecule has 30 heavy (non-hydrogen) atoms. The van der Waals surface area contributed by atoms with Crippen LogP contribution in [-0.4, -0.2) is 2.86 Å². The number of fused-ring (bicyclic) bond motifs is 10. The van der Waals surface area contributed by atoms with Crippen LogP contribution in [0.3, 0.4) is 0 Å². The second-order valence-electron chi connectivity index (χ2n) is 18.4. The van der Waals surface area contributed by atoms with E-state index in [9.17, 15) is 0 Å². The van der Waals surface area contributed by atoms with Gasteiger partial charge in [-0.25, -0.2) is 0 Å². The fraction of sp³-hybridized carbons (Fsp3) is 0.571. The summed E-state index contributed by atoms with van der Waals surface area (Å²) in [6.07, 6.45) is 0. The molecule has 12 rings (SSSR count). The zero-order valence-corrected chi connectivity index (χ0v) is 22.3. The molecule has 2 heteroatoms. The first kappa shape index (κ1) is 14.8. The maximum absolute atomic E-state index is 3.78. The van der Waals surface area contributed by atoms with Crippen molar-refractivity contribution in [3.63, 3.8) is 0 Å². The van der Waals surface area contributed by atoms with Crippen LogP contribution < -0.4 is 10.6 Å². The second-order valence-corrected chi connectivity index (χ2v) is 74.3. The van der Waals surface area contributed by atoms with Gasteiger partial charge in [-0.3, -0.25) is 0 Å². The fourth-order valence-corrected chi connectivity index (χ4v) is 279. The van der Waals surface area contributed by atoms with Gasteiger partial charge in [0.25, 0.3) is 0 Å². The summed E-state index contributed by atoms with van der Waals surface area (Å²) in [6, 6.07) is 10.2. The van der Waals surface area contributed by atoms with Crippen LogP contribution in [0.15, 0.2) is 24.3 Å². The Morgan fingerprint density at radius 1 is 0.567 bits per heavy atom. The van der Waals surface area contributed by atoms with Crippen LogP contribution in [0.1, 0.15) is 33.4 Å². The van der Waals surface area contributed by atoms with E-state index in [0.717, 1.165) is 2.86 Å². The van der Waals surface area contributed by atoms with Gasteiger partial charge in [-0.05, 0) is 0 Å². The minimum absolute atomic E-state index is 0.152. The molecule has 10 aliphatic rings. The van der Waals surface area contributed by atoms with E-state index in [0.29, 0.717) is 0 Å². The van der Waals surface area contributed by atoms with Crippen molar-refractivity contribution >= 4 is 18.5 Å². The summed E-state index contributed by atoms with van der Waals surface area (Å²) in [5.74, 6) is 0. The van der Waals surface area contributed by atoms with Crippen molar-refractivity contribution in [3.05, 3.63) is 57.6 Å². The summed E-state index contributed by atoms with van der Waals surface area (Å²) in [4.78, 5) is 0. The molecule has 2 aromatic rings. The predicted molar refractivity (Wildman–Crippen MR) is 124 cm³/mol. The molecule has 2 aromatic carbocycles. The van der Waals surface area contributed by atoms with Crippen LogP contribution in [-0.2, 0) is 11.4 Å². The van der Waals surface area contributed by atoms with Crippen molar-refractivity contribution in [2.24, 2.45) is 0 Å². The van der Waals surface area contributed by atoms with E-state index in [1.165, 1.54) is 43.8 Å². The summed E-state index contributed by atoms with van der Waals surface area (Å²) in [7, 11) is -0.152. The Morgan fingerprint density at radius 3 is 1.27 bits per heavy atom. The molecule has 10 fully saturated rings. The zero-order valence-electron chi connectivity index (χ0n) is 19.0. The SMILES string of the molecule is Cc1ccc(P(c2ccc(C)c(C)c2C)[C]23[CH]4[CH]5[CH]6[CH]2[Zr]56432789[CH]3[CH]2[CH]7[CH]8[CH]39)c(C)c1C. The summed E-state index contributed by atoms with van der Waals surface area (Å²) < 4.78 is 13.9. The van der Waals surface area contributed by atoms with Crippen molar-refractivity contribution in [1.29, 1.82) is 0 Å². The molecule has 0 radical (unpaired) electrons. The number of hydrogen-bond acceptors (Lipinski definition) is 0. The van der Waals surface area contributed by atoms with Crippen LogP contribution in [0.4, 0.5) is 0 Å². The third kappa shape index (κ3) is 0.292. The van der Waals surface area contributed by atoms with Gasteiger partial charge >= 0.3 is 165 Å². The van der Waals surface area contributed by atoms with Crippen LogP contribution in [0.25, 0.3) is 0 Å². The average molecular weight is 490 g/mol. The van der Waals surface area contributed by atoms with Crippen LogP contribution in [0.5, 0.6) is 0 Å². The topological polar surface area (TPSA) is 0 Å². The molecule has 152 valence electrons. The van der Waals surface area contributed by atoms with Crippen LogP contribution in [0, 0.1) is 41.5 Å². The van der Waals surface area contributed by atoms with E-state index < -0.39 is 11.4 Å². The first-order chi connectivity index (χ1) is 14.1. The maximum atomic E-state index is 2.63. The quantitative estimate of drug-likeness (QED) is 0.398. The Labute approximate surface area is 163 Å². The standard InChI is InChI=1S/C23H26P.C5H5.Zr/c1-15-11-13-22(19(5)17(15)3)24(21-9-7-8-10-21)23-14-12-16(2)18(4)20(23)6;1-2-4-5-3-1;/h7-14H,1-6H3;1-5H;. The van der Waals surface area contributed by atoms with E-state index in [1.807, 2.05) is 10.6 Å². The Balaban J connectivity index is 1.25. The Bertz CT molecular complexity index is 1620. The van der Waals surface area contributed by atoms with Gasteiger partial charge in [0, 0.05) is 0 Å². The van der Waals surface area contributed by atoms with Gasteiger partial charge in [-0.15, -0.1) is 0 Å². The average Bonchev–Trinajstić information content (AvgIpc) is 3.67. The molecule has 0 aliphatic carbocycles. The first-order valence-electron chi connectivity index (χ1n) is 13.1. The molecular formula is C28H31PZr. The zero-order chi connectivity index (χ0) is 20.0.